The number of fused-ring (bicyclic) bond motifs is 24. The molecule has 1 aliphatic heterocycles. The van der Waals surface area contributed by atoms with Crippen molar-refractivity contribution in [3.63, 3.8) is 0 Å². The van der Waals surface area contributed by atoms with Gasteiger partial charge in [0.15, 0.2) is 0 Å². The minimum Gasteiger partial charge on any atom is -0.457 e. The summed E-state index contributed by atoms with van der Waals surface area (Å²) in [5, 5.41) is 31.1. The maximum atomic E-state index is 10.0. The summed E-state index contributed by atoms with van der Waals surface area (Å²) in [6.07, 6.45) is 4.06. The number of nitrogens with zero attached hydrogens (tertiary/aromatic N) is 9. The Labute approximate surface area is 541 Å². The predicted octanol–water partition coefficient (Wildman–Crippen LogP) is 20.2. The van der Waals surface area contributed by atoms with E-state index in [9.17, 15) is 10.5 Å². The molecule has 2 aliphatic rings. The standard InChI is InChI=1S/C85H47N9O/c86-46-50-29-36-78-64(39-50)65-40-51(47-87)30-37-79(65)90(78)52-33-38-80-66(41-52)63-21-7-14-28-77(63)92(80)54-32-35-68-82(45-54)95-81-44-53(91-71-22-8-1-15-57(71)58-16-2-9-23-72(58)91)31-34-67(81)85(68)69-42-55(93-73-24-10-3-17-59(73)60-18-4-11-25-74(60)93)48-88-83(69)84-70(85)43-56(49-89-84)94-75-26-12-5-19-61(75)62-20-6-13-27-76(62)94/h1-45,48-49H. The summed E-state index contributed by atoms with van der Waals surface area (Å²) >= 11 is 0. The first-order chi connectivity index (χ1) is 47.0. The smallest absolute Gasteiger partial charge is 0.134 e. The average Bonchev–Trinajstić information content (AvgIpc) is 1.56. The molecule has 0 unspecified atom stereocenters. The first-order valence-corrected chi connectivity index (χ1v) is 31.9. The zero-order chi connectivity index (χ0) is 62.4. The Balaban J connectivity index is 0.845. The van der Waals surface area contributed by atoms with Crippen molar-refractivity contribution >= 4 is 109 Å². The molecule has 1 aliphatic carbocycles. The molecular formula is C85H47N9O. The highest BCUT2D eigenvalue weighted by Gasteiger charge is 2.53. The zero-order valence-electron chi connectivity index (χ0n) is 50.6. The van der Waals surface area contributed by atoms with Crippen LogP contribution in [0, 0.1) is 22.7 Å². The van der Waals surface area contributed by atoms with Crippen LogP contribution in [0.1, 0.15) is 33.4 Å². The van der Waals surface area contributed by atoms with Gasteiger partial charge in [-0.1, -0.05) is 140 Å². The van der Waals surface area contributed by atoms with Crippen LogP contribution in [-0.2, 0) is 5.41 Å². The van der Waals surface area contributed by atoms with Crippen LogP contribution in [0.3, 0.4) is 0 Å². The van der Waals surface area contributed by atoms with E-state index >= 15 is 0 Å². The SMILES string of the molecule is N#Cc1ccc2c(c1)c1cc(C#N)ccc1n2-c1ccc2c(c1)c1ccccc1n2-c1ccc2c(c1)Oc1cc(-n3c4ccccc4c4ccccc43)ccc1C21c2cc(-n3c4ccccc4c4ccccc43)cnc2-c2ncc(-n3c4ccccc4c4ccccc43)cc21. The van der Waals surface area contributed by atoms with Gasteiger partial charge in [-0.05, 0) is 121 Å². The third-order valence-corrected chi connectivity index (χ3v) is 20.4. The zero-order valence-corrected chi connectivity index (χ0v) is 50.6. The fourth-order valence-electron chi connectivity index (χ4n) is 16.6. The van der Waals surface area contributed by atoms with Gasteiger partial charge in [-0.15, -0.1) is 0 Å². The van der Waals surface area contributed by atoms with Gasteiger partial charge in [0.2, 0.25) is 0 Å². The second-order valence-corrected chi connectivity index (χ2v) is 25.1. The molecule has 7 aromatic heterocycles. The molecule has 438 valence electrons. The monoisotopic (exact) mass is 1210 g/mol. The molecule has 0 atom stereocenters. The Morgan fingerprint density at radius 3 is 0.905 bits per heavy atom. The van der Waals surface area contributed by atoms with Gasteiger partial charge in [0.1, 0.15) is 11.5 Å². The lowest BCUT2D eigenvalue weighted by Gasteiger charge is -2.39. The van der Waals surface area contributed by atoms with Crippen LogP contribution in [0.2, 0.25) is 0 Å². The van der Waals surface area contributed by atoms with Gasteiger partial charge in [0.05, 0.1) is 119 Å². The second kappa shape index (κ2) is 18.9. The van der Waals surface area contributed by atoms with Gasteiger partial charge in [-0.3, -0.25) is 9.97 Å². The first-order valence-electron chi connectivity index (χ1n) is 31.9. The second-order valence-electron chi connectivity index (χ2n) is 25.1. The fraction of sp³-hybridized carbons (Fsp3) is 0.0118. The third-order valence-electron chi connectivity index (χ3n) is 20.4. The first kappa shape index (κ1) is 51.5. The van der Waals surface area contributed by atoms with Crippen molar-refractivity contribution in [1.29, 1.82) is 10.5 Å². The van der Waals surface area contributed by atoms with Crippen molar-refractivity contribution in [1.82, 2.24) is 32.8 Å². The number of benzene rings is 12. The maximum Gasteiger partial charge on any atom is 0.134 e. The lowest BCUT2D eigenvalue weighted by molar-refractivity contribution is 0.436. The van der Waals surface area contributed by atoms with Gasteiger partial charge in [-0.25, -0.2) is 0 Å². The molecule has 8 heterocycles. The number of ether oxygens (including phenoxy) is 1. The quantitative estimate of drug-likeness (QED) is 0.171. The van der Waals surface area contributed by atoms with E-state index in [0.717, 1.165) is 145 Å². The van der Waals surface area contributed by atoms with Crippen LogP contribution in [0.5, 0.6) is 11.5 Å². The van der Waals surface area contributed by atoms with Crippen molar-refractivity contribution in [2.75, 3.05) is 0 Å². The topological polar surface area (TPSA) is 107 Å². The van der Waals surface area contributed by atoms with Crippen LogP contribution >= 0.6 is 0 Å². The normalized spacial score (nSPS) is 13.0. The minimum atomic E-state index is -1.05. The molecule has 0 saturated carbocycles. The third kappa shape index (κ3) is 6.83. The van der Waals surface area contributed by atoms with Crippen LogP contribution < -0.4 is 4.74 Å². The van der Waals surface area contributed by atoms with Gasteiger partial charge in [-0.2, -0.15) is 10.5 Å². The molecule has 1 spiro atoms. The molecule has 10 nitrogen and oxygen atoms in total. The molecule has 95 heavy (non-hydrogen) atoms. The van der Waals surface area contributed by atoms with E-state index in [4.69, 9.17) is 14.7 Å². The van der Waals surface area contributed by atoms with Gasteiger partial charge in [0.25, 0.3) is 0 Å². The molecule has 0 bridgehead atoms. The van der Waals surface area contributed by atoms with Crippen LogP contribution in [-0.4, -0.2) is 32.8 Å². The van der Waals surface area contributed by atoms with E-state index in [1.54, 1.807) is 0 Å². The summed E-state index contributed by atoms with van der Waals surface area (Å²) in [5.41, 5.74) is 20.9. The van der Waals surface area contributed by atoms with Crippen molar-refractivity contribution in [2.24, 2.45) is 0 Å². The molecule has 0 amide bonds. The number of hydrogen-bond acceptors (Lipinski definition) is 5. The lowest BCUT2D eigenvalue weighted by atomic mass is 9.66. The molecule has 10 heteroatoms. The van der Waals surface area contributed by atoms with E-state index in [-0.39, 0.29) is 0 Å². The average molecular weight is 1210 g/mol. The highest BCUT2D eigenvalue weighted by molar-refractivity contribution is 6.15. The molecule has 12 aromatic carbocycles. The molecule has 0 fully saturated rings. The summed E-state index contributed by atoms with van der Waals surface area (Å²) in [5.74, 6) is 1.43. The number of pyridine rings is 2. The molecule has 0 radical (unpaired) electrons. The summed E-state index contributed by atoms with van der Waals surface area (Å²) in [7, 11) is 0. The Kier molecular flexibility index (Phi) is 10.2. The number of hydrogen-bond donors (Lipinski definition) is 0. The van der Waals surface area contributed by atoms with Crippen molar-refractivity contribution in [2.45, 2.75) is 5.41 Å². The van der Waals surface area contributed by atoms with Gasteiger partial charge < -0.3 is 27.6 Å². The molecule has 19 aromatic rings. The molecule has 0 saturated heterocycles. The Morgan fingerprint density at radius 2 is 0.547 bits per heavy atom. The Hall–Kier alpha value is -13.3. The number of para-hydroxylation sites is 7. The molecule has 0 N–H and O–H groups in total. The highest BCUT2D eigenvalue weighted by Crippen LogP contribution is 2.63. The largest absolute Gasteiger partial charge is 0.457 e. The molecule has 21 rings (SSSR count). The summed E-state index contributed by atoms with van der Waals surface area (Å²) in [6.45, 7) is 0. The predicted molar refractivity (Wildman–Crippen MR) is 381 cm³/mol. The van der Waals surface area contributed by atoms with Crippen molar-refractivity contribution < 1.29 is 4.74 Å². The van der Waals surface area contributed by atoms with Gasteiger partial charge in [0, 0.05) is 105 Å². The summed E-state index contributed by atoms with van der Waals surface area (Å²) in [6, 6.07) is 102. The van der Waals surface area contributed by atoms with E-state index < -0.39 is 5.41 Å². The number of aromatic nitrogens is 7. The van der Waals surface area contributed by atoms with E-state index in [1.807, 2.05) is 48.8 Å². The fourth-order valence-corrected chi connectivity index (χ4v) is 16.6. The summed E-state index contributed by atoms with van der Waals surface area (Å²) < 4.78 is 19.4. The van der Waals surface area contributed by atoms with Crippen LogP contribution in [0.15, 0.2) is 285 Å². The van der Waals surface area contributed by atoms with Crippen molar-refractivity contribution in [3.8, 4) is 63.5 Å². The van der Waals surface area contributed by atoms with Crippen molar-refractivity contribution in [3.05, 3.63) is 319 Å². The maximum absolute atomic E-state index is 10.0. The van der Waals surface area contributed by atoms with E-state index in [1.165, 1.54) is 32.3 Å². The highest BCUT2D eigenvalue weighted by atomic mass is 16.5. The van der Waals surface area contributed by atoms with Crippen LogP contribution in [0.4, 0.5) is 0 Å². The number of nitriles is 2. The lowest BCUT2D eigenvalue weighted by Crippen LogP contribution is -2.32. The van der Waals surface area contributed by atoms with Gasteiger partial charge >= 0.3 is 0 Å². The minimum absolute atomic E-state index is 0.562. The van der Waals surface area contributed by atoms with Crippen LogP contribution in [0.25, 0.3) is 149 Å². The van der Waals surface area contributed by atoms with E-state index in [0.29, 0.717) is 16.9 Å². The Morgan fingerprint density at radius 1 is 0.263 bits per heavy atom. The summed E-state index contributed by atoms with van der Waals surface area (Å²) in [4.78, 5) is 11.2. The Bertz CT molecular complexity index is 6360. The van der Waals surface area contributed by atoms with E-state index in [2.05, 4.69) is 272 Å². The number of rotatable bonds is 5. The molecular weight excluding hydrogens is 1160 g/mol.